The van der Waals surface area contributed by atoms with Crippen LogP contribution in [-0.2, 0) is 20.7 Å². The van der Waals surface area contributed by atoms with Crippen molar-refractivity contribution in [3.8, 4) is 11.5 Å². The van der Waals surface area contributed by atoms with E-state index in [1.54, 1.807) is 25.2 Å². The molecule has 1 aliphatic rings. The van der Waals surface area contributed by atoms with Crippen LogP contribution in [0.15, 0.2) is 36.4 Å². The number of amides is 2. The first-order valence-corrected chi connectivity index (χ1v) is 13.4. The maximum Gasteiger partial charge on any atom is 0.410 e. The lowest BCUT2D eigenvalue weighted by Gasteiger charge is -2.37. The zero-order valence-corrected chi connectivity index (χ0v) is 24.5. The van der Waals surface area contributed by atoms with Gasteiger partial charge < -0.3 is 34.1 Å². The average Bonchev–Trinajstić information content (AvgIpc) is 2.94. The number of rotatable bonds is 9. The second kappa shape index (κ2) is 13.4. The van der Waals surface area contributed by atoms with Gasteiger partial charge in [-0.2, -0.15) is 0 Å². The highest BCUT2D eigenvalue weighted by molar-refractivity contribution is 5.97. The summed E-state index contributed by atoms with van der Waals surface area (Å²) in [6.07, 6.45) is 0.206. The predicted molar refractivity (Wildman–Crippen MR) is 152 cm³/mol. The van der Waals surface area contributed by atoms with Crippen molar-refractivity contribution in [2.45, 2.75) is 52.2 Å². The van der Waals surface area contributed by atoms with E-state index in [0.717, 1.165) is 16.8 Å². The summed E-state index contributed by atoms with van der Waals surface area (Å²) in [5, 5.41) is 3.08. The van der Waals surface area contributed by atoms with Crippen LogP contribution < -0.4 is 19.7 Å². The Labute approximate surface area is 236 Å². The molecule has 2 aromatic rings. The van der Waals surface area contributed by atoms with Gasteiger partial charge in [-0.1, -0.05) is 12.1 Å². The van der Waals surface area contributed by atoms with Crippen LogP contribution in [-0.4, -0.2) is 76.0 Å². The van der Waals surface area contributed by atoms with Crippen molar-refractivity contribution in [2.24, 2.45) is 0 Å². The first kappa shape index (κ1) is 30.6. The molecule has 218 valence electrons. The van der Waals surface area contributed by atoms with E-state index < -0.39 is 5.60 Å². The van der Waals surface area contributed by atoms with Crippen molar-refractivity contribution in [1.82, 2.24) is 10.2 Å². The smallest absolute Gasteiger partial charge is 0.410 e. The Morgan fingerprint density at radius 1 is 0.925 bits per heavy atom. The standard InChI is InChI=1S/C30H41N3O7/c1-20(22-9-12-25(37-5)26(18-22)38-6)31-28(35)24-19-23(11-8-21(24)10-13-27(34)39-7)32-14-16-33(17-15-32)29(36)40-30(2,3)4/h8-9,11-12,18-20H,10,13-17H2,1-7H3,(H,31,35)/t20-/m1/s1. The molecule has 10 heteroatoms. The fraction of sp³-hybridized carbons (Fsp3) is 0.500. The van der Waals surface area contributed by atoms with Crippen LogP contribution in [0.25, 0.3) is 0 Å². The Hall–Kier alpha value is -3.95. The number of hydrogen-bond acceptors (Lipinski definition) is 8. The van der Waals surface area contributed by atoms with Crippen molar-refractivity contribution < 1.29 is 33.3 Å². The summed E-state index contributed by atoms with van der Waals surface area (Å²) >= 11 is 0. The minimum atomic E-state index is -0.551. The average molecular weight is 556 g/mol. The number of ether oxygens (including phenoxy) is 4. The van der Waals surface area contributed by atoms with Crippen molar-refractivity contribution >= 4 is 23.7 Å². The van der Waals surface area contributed by atoms with E-state index in [9.17, 15) is 14.4 Å². The summed E-state index contributed by atoms with van der Waals surface area (Å²) in [7, 11) is 4.49. The molecule has 2 aromatic carbocycles. The topological polar surface area (TPSA) is 107 Å². The van der Waals surface area contributed by atoms with Crippen molar-refractivity contribution in [2.75, 3.05) is 52.4 Å². The Kier molecular flexibility index (Phi) is 10.3. The van der Waals surface area contributed by atoms with E-state index in [1.807, 2.05) is 58.0 Å². The molecule has 3 rings (SSSR count). The number of carbonyl (C=O) groups is 3. The molecule has 1 heterocycles. The van der Waals surface area contributed by atoms with Gasteiger partial charge in [0.05, 0.1) is 27.4 Å². The Morgan fingerprint density at radius 2 is 1.60 bits per heavy atom. The molecule has 2 amide bonds. The minimum absolute atomic E-state index is 0.163. The number of methoxy groups -OCH3 is 3. The molecule has 0 saturated carbocycles. The SMILES string of the molecule is COC(=O)CCc1ccc(N2CCN(C(=O)OC(C)(C)C)CC2)cc1C(=O)N[C@H](C)c1ccc(OC)c(OC)c1. The Balaban J connectivity index is 1.79. The number of carbonyl (C=O) groups excluding carboxylic acids is 3. The van der Waals surface area contributed by atoms with Crippen LogP contribution >= 0.6 is 0 Å². The Morgan fingerprint density at radius 3 is 2.20 bits per heavy atom. The number of hydrogen-bond donors (Lipinski definition) is 1. The van der Waals surface area contributed by atoms with Crippen LogP contribution in [0.5, 0.6) is 11.5 Å². The molecule has 10 nitrogen and oxygen atoms in total. The molecule has 1 N–H and O–H groups in total. The van der Waals surface area contributed by atoms with E-state index in [2.05, 4.69) is 10.2 Å². The van der Waals surface area contributed by atoms with Crippen LogP contribution in [0.1, 0.15) is 61.6 Å². The number of nitrogens with zero attached hydrogens (tertiary/aromatic N) is 2. The van der Waals surface area contributed by atoms with Crippen LogP contribution in [0.3, 0.4) is 0 Å². The molecule has 0 aromatic heterocycles. The van der Waals surface area contributed by atoms with Gasteiger partial charge in [-0.3, -0.25) is 9.59 Å². The predicted octanol–water partition coefficient (Wildman–Crippen LogP) is 4.36. The molecule has 1 aliphatic heterocycles. The second-order valence-electron chi connectivity index (χ2n) is 10.7. The van der Waals surface area contributed by atoms with Gasteiger partial charge in [-0.15, -0.1) is 0 Å². The lowest BCUT2D eigenvalue weighted by atomic mass is 9.99. The maximum absolute atomic E-state index is 13.6. The molecule has 1 fully saturated rings. The molecular formula is C30H41N3O7. The highest BCUT2D eigenvalue weighted by atomic mass is 16.6. The van der Waals surface area contributed by atoms with E-state index in [1.165, 1.54) is 7.11 Å². The number of anilines is 1. The number of nitrogens with one attached hydrogen (secondary N) is 1. The van der Waals surface area contributed by atoms with Gasteiger partial charge in [0.25, 0.3) is 5.91 Å². The highest BCUT2D eigenvalue weighted by Crippen LogP contribution is 2.30. The van der Waals surface area contributed by atoms with Gasteiger partial charge in [0.15, 0.2) is 11.5 Å². The fourth-order valence-electron chi connectivity index (χ4n) is 4.48. The largest absolute Gasteiger partial charge is 0.493 e. The van der Waals surface area contributed by atoms with Crippen LogP contribution in [0.4, 0.5) is 10.5 Å². The molecule has 40 heavy (non-hydrogen) atoms. The first-order chi connectivity index (χ1) is 18.9. The molecule has 0 aliphatic carbocycles. The molecule has 1 atom stereocenters. The molecule has 0 bridgehead atoms. The summed E-state index contributed by atoms with van der Waals surface area (Å²) in [6, 6.07) is 10.9. The zero-order valence-electron chi connectivity index (χ0n) is 24.5. The minimum Gasteiger partial charge on any atom is -0.493 e. The Bertz CT molecular complexity index is 1200. The molecule has 0 spiro atoms. The zero-order chi connectivity index (χ0) is 29.4. The summed E-state index contributed by atoms with van der Waals surface area (Å²) in [4.78, 5) is 41.7. The normalized spacial score (nSPS) is 14.3. The van der Waals surface area contributed by atoms with Gasteiger partial charge in [0, 0.05) is 43.9 Å². The van der Waals surface area contributed by atoms with Gasteiger partial charge in [0.2, 0.25) is 0 Å². The summed E-state index contributed by atoms with van der Waals surface area (Å²) < 4.78 is 21.0. The number of piperazine rings is 1. The summed E-state index contributed by atoms with van der Waals surface area (Å²) in [5.74, 6) is 0.588. The van der Waals surface area contributed by atoms with Crippen molar-refractivity contribution in [1.29, 1.82) is 0 Å². The first-order valence-electron chi connectivity index (χ1n) is 13.4. The number of aryl methyl sites for hydroxylation is 1. The van der Waals surface area contributed by atoms with E-state index in [4.69, 9.17) is 18.9 Å². The lowest BCUT2D eigenvalue weighted by Crippen LogP contribution is -2.50. The third-order valence-electron chi connectivity index (χ3n) is 6.72. The second-order valence-corrected chi connectivity index (χ2v) is 10.7. The van der Waals surface area contributed by atoms with Crippen molar-refractivity contribution in [3.63, 3.8) is 0 Å². The van der Waals surface area contributed by atoms with Gasteiger partial charge in [-0.05, 0) is 69.5 Å². The molecule has 0 radical (unpaired) electrons. The summed E-state index contributed by atoms with van der Waals surface area (Å²) in [5.41, 5.74) is 2.41. The van der Waals surface area contributed by atoms with E-state index in [-0.39, 0.29) is 30.4 Å². The van der Waals surface area contributed by atoms with Gasteiger partial charge >= 0.3 is 12.1 Å². The third kappa shape index (κ3) is 8.03. The fourth-order valence-corrected chi connectivity index (χ4v) is 4.48. The number of benzene rings is 2. The number of esters is 1. The molecular weight excluding hydrogens is 514 g/mol. The van der Waals surface area contributed by atoms with Crippen LogP contribution in [0.2, 0.25) is 0 Å². The summed E-state index contributed by atoms with van der Waals surface area (Å²) in [6.45, 7) is 9.67. The molecule has 1 saturated heterocycles. The monoisotopic (exact) mass is 555 g/mol. The van der Waals surface area contributed by atoms with Crippen LogP contribution in [0, 0.1) is 0 Å². The van der Waals surface area contributed by atoms with Gasteiger partial charge in [-0.25, -0.2) is 4.79 Å². The van der Waals surface area contributed by atoms with E-state index >= 15 is 0 Å². The van der Waals surface area contributed by atoms with E-state index in [0.29, 0.717) is 49.7 Å². The highest BCUT2D eigenvalue weighted by Gasteiger charge is 2.27. The lowest BCUT2D eigenvalue weighted by molar-refractivity contribution is -0.140. The maximum atomic E-state index is 13.6. The van der Waals surface area contributed by atoms with Gasteiger partial charge in [0.1, 0.15) is 5.60 Å². The third-order valence-corrected chi connectivity index (χ3v) is 6.72. The molecule has 0 unspecified atom stereocenters. The van der Waals surface area contributed by atoms with Crippen molar-refractivity contribution in [3.05, 3.63) is 53.1 Å². The quantitative estimate of drug-likeness (QED) is 0.455.